The molecule has 2 heterocycles. The minimum Gasteiger partial charge on any atom is -0.468 e. The van der Waals surface area contributed by atoms with Gasteiger partial charge in [0.15, 0.2) is 6.61 Å². The van der Waals surface area contributed by atoms with E-state index in [0.717, 1.165) is 11.8 Å². The van der Waals surface area contributed by atoms with E-state index in [9.17, 15) is 22.8 Å². The molecular weight excluding hydrogens is 401 g/mol. The lowest BCUT2D eigenvalue weighted by Gasteiger charge is -2.17. The fourth-order valence-electron chi connectivity index (χ4n) is 2.40. The van der Waals surface area contributed by atoms with Crippen molar-refractivity contribution in [2.45, 2.75) is 39.9 Å². The molecule has 0 fully saturated rings. The Bertz CT molecular complexity index is 899. The summed E-state index contributed by atoms with van der Waals surface area (Å²) in [7, 11) is 0. The van der Waals surface area contributed by atoms with Crippen LogP contribution in [0.3, 0.4) is 0 Å². The van der Waals surface area contributed by atoms with Gasteiger partial charge in [-0.05, 0) is 37.6 Å². The second kappa shape index (κ2) is 9.55. The summed E-state index contributed by atoms with van der Waals surface area (Å²) >= 11 is 0. The Labute approximate surface area is 172 Å². The summed E-state index contributed by atoms with van der Waals surface area (Å²) in [5.74, 6) is -0.678. The maximum atomic E-state index is 12.4. The maximum absolute atomic E-state index is 12.4. The minimum atomic E-state index is -4.47. The maximum Gasteiger partial charge on any atom is 0.422 e. The largest absolute Gasteiger partial charge is 0.468 e. The van der Waals surface area contributed by atoms with Crippen molar-refractivity contribution in [1.29, 1.82) is 0 Å². The van der Waals surface area contributed by atoms with E-state index in [-0.39, 0.29) is 23.3 Å². The number of anilines is 1. The number of nitrogens with one attached hydrogen (secondary N) is 2. The van der Waals surface area contributed by atoms with Gasteiger partial charge < -0.3 is 15.4 Å². The van der Waals surface area contributed by atoms with Crippen molar-refractivity contribution in [3.05, 3.63) is 47.3 Å². The van der Waals surface area contributed by atoms with Crippen LogP contribution in [0.25, 0.3) is 0 Å². The highest BCUT2D eigenvalue weighted by Crippen LogP contribution is 2.20. The van der Waals surface area contributed by atoms with Gasteiger partial charge >= 0.3 is 6.18 Å². The van der Waals surface area contributed by atoms with Crippen LogP contribution in [0.4, 0.5) is 19.0 Å². The van der Waals surface area contributed by atoms with E-state index in [1.54, 1.807) is 39.8 Å². The van der Waals surface area contributed by atoms with Crippen molar-refractivity contribution in [1.82, 2.24) is 15.3 Å². The number of aryl methyl sites for hydroxylation is 1. The molecule has 0 aliphatic heterocycles. The van der Waals surface area contributed by atoms with Gasteiger partial charge in [0, 0.05) is 23.9 Å². The zero-order valence-electron chi connectivity index (χ0n) is 17.0. The van der Waals surface area contributed by atoms with Crippen molar-refractivity contribution in [3.8, 4) is 5.88 Å². The summed E-state index contributed by atoms with van der Waals surface area (Å²) in [6.07, 6.45) is -3.33. The van der Waals surface area contributed by atoms with Crippen LogP contribution in [0.5, 0.6) is 5.88 Å². The molecule has 7 nitrogen and oxygen atoms in total. The molecular formula is C20H23F3N4O3. The van der Waals surface area contributed by atoms with Gasteiger partial charge in [0.25, 0.3) is 5.91 Å². The highest BCUT2D eigenvalue weighted by atomic mass is 19.4. The minimum absolute atomic E-state index is 0.167. The standard InChI is InChI=1S/C20H23F3N4O3/c1-11(2)18(28)27-16-8-15(7-12(3)25-16)13(4)26-19(29)14-5-6-17(24-9-14)30-10-20(21,22)23/h5-9,11,13H,10H2,1-4H3,(H,26,29)(H,25,27,28). The summed E-state index contributed by atoms with van der Waals surface area (Å²) in [6.45, 7) is 5.60. The zero-order valence-corrected chi connectivity index (χ0v) is 17.0. The molecule has 0 bridgehead atoms. The number of aromatic nitrogens is 2. The number of ether oxygens (including phenoxy) is 1. The monoisotopic (exact) mass is 424 g/mol. The lowest BCUT2D eigenvalue weighted by Crippen LogP contribution is -2.27. The van der Waals surface area contributed by atoms with Crippen LogP contribution in [0, 0.1) is 12.8 Å². The Kier molecular flexibility index (Phi) is 7.36. The second-order valence-corrected chi connectivity index (χ2v) is 7.06. The van der Waals surface area contributed by atoms with Gasteiger partial charge in [-0.3, -0.25) is 9.59 Å². The van der Waals surface area contributed by atoms with Crippen molar-refractivity contribution < 1.29 is 27.5 Å². The Morgan fingerprint density at radius 3 is 2.43 bits per heavy atom. The molecule has 2 amide bonds. The molecule has 0 aliphatic carbocycles. The molecule has 2 N–H and O–H groups in total. The number of rotatable bonds is 7. The van der Waals surface area contributed by atoms with E-state index in [0.29, 0.717) is 11.5 Å². The fourth-order valence-corrected chi connectivity index (χ4v) is 2.40. The van der Waals surface area contributed by atoms with E-state index >= 15 is 0 Å². The van der Waals surface area contributed by atoms with Gasteiger partial charge in [0.1, 0.15) is 5.82 Å². The third-order valence-corrected chi connectivity index (χ3v) is 3.98. The molecule has 0 saturated heterocycles. The summed E-state index contributed by atoms with van der Waals surface area (Å²) in [5, 5.41) is 5.50. The molecule has 0 aromatic carbocycles. The van der Waals surface area contributed by atoms with Crippen molar-refractivity contribution >= 4 is 17.6 Å². The fraction of sp³-hybridized carbons (Fsp3) is 0.400. The summed E-state index contributed by atoms with van der Waals surface area (Å²) < 4.78 is 41.0. The number of alkyl halides is 3. The SMILES string of the molecule is Cc1cc(C(C)NC(=O)c2ccc(OCC(F)(F)F)nc2)cc(NC(=O)C(C)C)n1. The van der Waals surface area contributed by atoms with Crippen LogP contribution in [0.1, 0.15) is 48.4 Å². The van der Waals surface area contributed by atoms with Crippen LogP contribution in [0.2, 0.25) is 0 Å². The molecule has 0 saturated carbocycles. The third-order valence-electron chi connectivity index (χ3n) is 3.98. The second-order valence-electron chi connectivity index (χ2n) is 7.06. The van der Waals surface area contributed by atoms with E-state index < -0.39 is 24.7 Å². The van der Waals surface area contributed by atoms with Gasteiger partial charge in [0.2, 0.25) is 11.8 Å². The predicted molar refractivity (Wildman–Crippen MR) is 104 cm³/mol. The topological polar surface area (TPSA) is 93.2 Å². The molecule has 0 aliphatic rings. The molecule has 162 valence electrons. The average Bonchev–Trinajstić information content (AvgIpc) is 2.65. The van der Waals surface area contributed by atoms with Crippen molar-refractivity contribution in [2.75, 3.05) is 11.9 Å². The highest BCUT2D eigenvalue weighted by Gasteiger charge is 2.28. The molecule has 10 heteroatoms. The van der Waals surface area contributed by atoms with Gasteiger partial charge in [-0.15, -0.1) is 0 Å². The molecule has 1 unspecified atom stereocenters. The van der Waals surface area contributed by atoms with Gasteiger partial charge in [-0.25, -0.2) is 9.97 Å². The number of carbonyl (C=O) groups excluding carboxylic acids is 2. The number of halogens is 3. The first kappa shape index (κ1) is 23.1. The van der Waals surface area contributed by atoms with Gasteiger partial charge in [-0.1, -0.05) is 13.8 Å². The van der Waals surface area contributed by atoms with Crippen LogP contribution in [0.15, 0.2) is 30.5 Å². The molecule has 2 aromatic rings. The first-order chi connectivity index (χ1) is 13.9. The molecule has 30 heavy (non-hydrogen) atoms. The number of carbonyl (C=O) groups is 2. The predicted octanol–water partition coefficient (Wildman–Crippen LogP) is 3.81. The molecule has 2 aromatic heterocycles. The average molecular weight is 424 g/mol. The Hall–Kier alpha value is -3.17. The summed E-state index contributed by atoms with van der Waals surface area (Å²) in [6, 6.07) is 5.55. The quantitative estimate of drug-likeness (QED) is 0.705. The summed E-state index contributed by atoms with van der Waals surface area (Å²) in [5.41, 5.74) is 1.56. The number of hydrogen-bond donors (Lipinski definition) is 2. The van der Waals surface area contributed by atoms with Crippen molar-refractivity contribution in [3.63, 3.8) is 0 Å². The van der Waals surface area contributed by atoms with E-state index in [1.807, 2.05) is 0 Å². The van der Waals surface area contributed by atoms with E-state index in [1.165, 1.54) is 12.1 Å². The van der Waals surface area contributed by atoms with Gasteiger partial charge in [0.05, 0.1) is 11.6 Å². The zero-order chi connectivity index (χ0) is 22.5. The normalized spacial score (nSPS) is 12.4. The number of hydrogen-bond acceptors (Lipinski definition) is 5. The van der Waals surface area contributed by atoms with Gasteiger partial charge in [-0.2, -0.15) is 13.2 Å². The summed E-state index contributed by atoms with van der Waals surface area (Å²) in [4.78, 5) is 32.3. The lowest BCUT2D eigenvalue weighted by atomic mass is 10.1. The Balaban J connectivity index is 2.04. The number of amides is 2. The first-order valence-corrected chi connectivity index (χ1v) is 9.20. The Morgan fingerprint density at radius 1 is 1.17 bits per heavy atom. The van der Waals surface area contributed by atoms with Crippen LogP contribution in [-0.2, 0) is 4.79 Å². The smallest absolute Gasteiger partial charge is 0.422 e. The van der Waals surface area contributed by atoms with Crippen LogP contribution >= 0.6 is 0 Å². The van der Waals surface area contributed by atoms with E-state index in [2.05, 4.69) is 25.3 Å². The third kappa shape index (κ3) is 7.02. The number of nitrogens with zero attached hydrogens (tertiary/aromatic N) is 2. The van der Waals surface area contributed by atoms with E-state index in [4.69, 9.17) is 0 Å². The number of pyridine rings is 2. The molecule has 0 spiro atoms. The first-order valence-electron chi connectivity index (χ1n) is 9.20. The molecule has 0 radical (unpaired) electrons. The van der Waals surface area contributed by atoms with Crippen LogP contribution < -0.4 is 15.4 Å². The highest BCUT2D eigenvalue weighted by molar-refractivity contribution is 5.94. The van der Waals surface area contributed by atoms with Crippen LogP contribution in [-0.4, -0.2) is 34.6 Å². The molecule has 1 atom stereocenters. The lowest BCUT2D eigenvalue weighted by molar-refractivity contribution is -0.154. The Morgan fingerprint density at radius 2 is 1.87 bits per heavy atom. The van der Waals surface area contributed by atoms with Crippen molar-refractivity contribution in [2.24, 2.45) is 5.92 Å². The molecule has 2 rings (SSSR count).